The molecule has 0 atom stereocenters. The van der Waals surface area contributed by atoms with Gasteiger partial charge in [-0.1, -0.05) is 0 Å². The maximum Gasteiger partial charge on any atom is 0.335 e. The van der Waals surface area contributed by atoms with E-state index in [2.05, 4.69) is 16.5 Å². The molecule has 1 N–H and O–H groups in total. The van der Waals surface area contributed by atoms with E-state index in [9.17, 15) is 4.79 Å². The number of fused-ring (bicyclic) bond motifs is 3. The zero-order valence-electron chi connectivity index (χ0n) is 10.9. The van der Waals surface area contributed by atoms with E-state index in [1.54, 1.807) is 6.07 Å². The summed E-state index contributed by atoms with van der Waals surface area (Å²) in [5, 5.41) is 10.3. The van der Waals surface area contributed by atoms with Crippen LogP contribution in [0.25, 0.3) is 10.9 Å². The summed E-state index contributed by atoms with van der Waals surface area (Å²) >= 11 is 0. The van der Waals surface area contributed by atoms with Crippen LogP contribution in [0.2, 0.25) is 0 Å². The highest BCUT2D eigenvalue weighted by Crippen LogP contribution is 2.47. The number of aromatic carboxylic acids is 1. The van der Waals surface area contributed by atoms with Crippen LogP contribution in [0.1, 0.15) is 34.7 Å². The standard InChI is InChI=1S/C15H16N2O2/c1-16-12-3-2-10(15(18)19)8-11(12)13-9-4-6-17(7-5-9)14(13)16/h2-3,8-9H,4-7H2,1H3,(H,18,19). The monoisotopic (exact) mass is 256 g/mol. The molecule has 3 aliphatic heterocycles. The van der Waals surface area contributed by atoms with Crippen LogP contribution in [0.5, 0.6) is 0 Å². The average molecular weight is 256 g/mol. The fourth-order valence-corrected chi connectivity index (χ4v) is 3.76. The molecule has 0 spiro atoms. The number of benzene rings is 1. The summed E-state index contributed by atoms with van der Waals surface area (Å²) in [6.45, 7) is 2.27. The summed E-state index contributed by atoms with van der Waals surface area (Å²) in [6, 6.07) is 5.49. The van der Waals surface area contributed by atoms with Crippen LogP contribution in [-0.4, -0.2) is 28.7 Å². The summed E-state index contributed by atoms with van der Waals surface area (Å²) in [7, 11) is 2.09. The van der Waals surface area contributed by atoms with Crippen LogP contribution < -0.4 is 4.90 Å². The first-order valence-corrected chi connectivity index (χ1v) is 6.77. The maximum atomic E-state index is 11.2. The minimum atomic E-state index is -0.847. The summed E-state index contributed by atoms with van der Waals surface area (Å²) in [5.41, 5.74) is 2.91. The molecule has 19 heavy (non-hydrogen) atoms. The van der Waals surface area contributed by atoms with Gasteiger partial charge in [0.25, 0.3) is 0 Å². The third-order valence-electron chi connectivity index (χ3n) is 4.66. The van der Waals surface area contributed by atoms with Crippen molar-refractivity contribution < 1.29 is 9.90 Å². The van der Waals surface area contributed by atoms with E-state index in [1.807, 2.05) is 12.1 Å². The molecule has 0 saturated carbocycles. The molecule has 0 aliphatic carbocycles. The normalized spacial score (nSPS) is 18.1. The Kier molecular flexibility index (Phi) is 2.03. The first-order chi connectivity index (χ1) is 9.16. The largest absolute Gasteiger partial charge is 0.478 e. The van der Waals surface area contributed by atoms with Gasteiger partial charge in [0.05, 0.1) is 5.56 Å². The second-order valence-corrected chi connectivity index (χ2v) is 5.59. The molecule has 1 aromatic carbocycles. The first kappa shape index (κ1) is 10.9. The lowest BCUT2D eigenvalue weighted by atomic mass is 9.84. The Hall–Kier alpha value is -1.97. The van der Waals surface area contributed by atoms with Crippen LogP contribution in [0.4, 0.5) is 5.82 Å². The molecule has 0 amide bonds. The van der Waals surface area contributed by atoms with Crippen molar-refractivity contribution in [1.82, 2.24) is 4.57 Å². The Bertz CT molecular complexity index is 694. The minimum absolute atomic E-state index is 0.386. The quantitative estimate of drug-likeness (QED) is 0.853. The second kappa shape index (κ2) is 3.53. The van der Waals surface area contributed by atoms with Crippen LogP contribution in [0.3, 0.4) is 0 Å². The predicted octanol–water partition coefficient (Wildman–Crippen LogP) is 2.57. The Morgan fingerprint density at radius 1 is 1.32 bits per heavy atom. The SMILES string of the molecule is Cn1c2c(c3cc(C(=O)O)ccc31)C1CCN2CC1. The zero-order valence-corrected chi connectivity index (χ0v) is 10.9. The lowest BCUT2D eigenvalue weighted by Gasteiger charge is -2.41. The molecule has 2 aromatic rings. The number of hydrogen-bond donors (Lipinski definition) is 1. The van der Waals surface area contributed by atoms with E-state index in [4.69, 9.17) is 5.11 Å². The summed E-state index contributed by atoms with van der Waals surface area (Å²) in [6.07, 6.45) is 2.40. The average Bonchev–Trinajstić information content (AvgIpc) is 2.76. The van der Waals surface area contributed by atoms with Crippen LogP contribution in [-0.2, 0) is 7.05 Å². The van der Waals surface area contributed by atoms with Crippen molar-refractivity contribution in [3.8, 4) is 0 Å². The van der Waals surface area contributed by atoms with Gasteiger partial charge in [0.2, 0.25) is 0 Å². The van der Waals surface area contributed by atoms with Gasteiger partial charge in [0.1, 0.15) is 5.82 Å². The van der Waals surface area contributed by atoms with Gasteiger partial charge in [0, 0.05) is 36.6 Å². The molecular weight excluding hydrogens is 240 g/mol. The fraction of sp³-hybridized carbons (Fsp3) is 0.400. The van der Waals surface area contributed by atoms with E-state index in [0.29, 0.717) is 11.5 Å². The lowest BCUT2D eigenvalue weighted by molar-refractivity contribution is 0.0697. The summed E-state index contributed by atoms with van der Waals surface area (Å²) < 4.78 is 2.22. The van der Waals surface area contributed by atoms with Crippen LogP contribution in [0, 0.1) is 0 Å². The molecule has 4 heterocycles. The van der Waals surface area contributed by atoms with Gasteiger partial charge in [-0.3, -0.25) is 0 Å². The van der Waals surface area contributed by atoms with Gasteiger partial charge in [-0.05, 0) is 37.0 Å². The van der Waals surface area contributed by atoms with E-state index >= 15 is 0 Å². The van der Waals surface area contributed by atoms with Crippen LogP contribution >= 0.6 is 0 Å². The highest BCUT2D eigenvalue weighted by atomic mass is 16.4. The highest BCUT2D eigenvalue weighted by Gasteiger charge is 2.35. The Balaban J connectivity index is 2.07. The predicted molar refractivity (Wildman–Crippen MR) is 74.1 cm³/mol. The van der Waals surface area contributed by atoms with E-state index in [1.165, 1.54) is 24.2 Å². The topological polar surface area (TPSA) is 45.5 Å². The Morgan fingerprint density at radius 3 is 2.74 bits per heavy atom. The number of aryl methyl sites for hydroxylation is 1. The van der Waals surface area contributed by atoms with E-state index < -0.39 is 5.97 Å². The Labute approximate surface area is 111 Å². The molecule has 98 valence electrons. The third-order valence-corrected chi connectivity index (χ3v) is 4.66. The van der Waals surface area contributed by atoms with Crippen molar-refractivity contribution in [3.05, 3.63) is 29.3 Å². The number of hydrogen-bond acceptors (Lipinski definition) is 2. The van der Waals surface area contributed by atoms with Gasteiger partial charge in [-0.25, -0.2) is 4.79 Å². The van der Waals surface area contributed by atoms with Crippen molar-refractivity contribution in [2.45, 2.75) is 18.8 Å². The van der Waals surface area contributed by atoms with Crippen LogP contribution in [0.15, 0.2) is 18.2 Å². The molecule has 4 heteroatoms. The number of nitrogens with zero attached hydrogens (tertiary/aromatic N) is 2. The van der Waals surface area contributed by atoms with Gasteiger partial charge < -0.3 is 14.6 Å². The van der Waals surface area contributed by atoms with E-state index in [-0.39, 0.29) is 0 Å². The number of carboxylic acid groups (broad SMARTS) is 1. The molecule has 2 bridgehead atoms. The van der Waals surface area contributed by atoms with Crippen molar-refractivity contribution in [2.75, 3.05) is 18.0 Å². The number of anilines is 1. The van der Waals surface area contributed by atoms with Gasteiger partial charge in [0.15, 0.2) is 0 Å². The molecule has 1 saturated heterocycles. The molecule has 0 unspecified atom stereocenters. The van der Waals surface area contributed by atoms with Gasteiger partial charge in [-0.2, -0.15) is 0 Å². The zero-order chi connectivity index (χ0) is 13.1. The van der Waals surface area contributed by atoms with Gasteiger partial charge in [-0.15, -0.1) is 0 Å². The molecule has 0 radical (unpaired) electrons. The third kappa shape index (κ3) is 1.31. The fourth-order valence-electron chi connectivity index (χ4n) is 3.76. The number of piperidine rings is 1. The number of carboxylic acids is 1. The Morgan fingerprint density at radius 2 is 2.05 bits per heavy atom. The van der Waals surface area contributed by atoms with Crippen molar-refractivity contribution in [1.29, 1.82) is 0 Å². The second-order valence-electron chi connectivity index (χ2n) is 5.59. The maximum absolute atomic E-state index is 11.2. The van der Waals surface area contributed by atoms with Crippen molar-refractivity contribution in [3.63, 3.8) is 0 Å². The number of aromatic nitrogens is 1. The summed E-state index contributed by atoms with van der Waals surface area (Å²) in [5.74, 6) is 1.06. The number of carbonyl (C=O) groups is 1. The van der Waals surface area contributed by atoms with E-state index in [0.717, 1.165) is 24.0 Å². The first-order valence-electron chi connectivity index (χ1n) is 6.77. The molecule has 4 nitrogen and oxygen atoms in total. The molecular formula is C15H16N2O2. The summed E-state index contributed by atoms with van der Waals surface area (Å²) in [4.78, 5) is 13.6. The van der Waals surface area contributed by atoms with Crippen molar-refractivity contribution in [2.24, 2.45) is 7.05 Å². The van der Waals surface area contributed by atoms with Crippen molar-refractivity contribution >= 4 is 22.7 Å². The molecule has 1 fully saturated rings. The molecule has 1 aromatic heterocycles. The smallest absolute Gasteiger partial charge is 0.335 e. The molecule has 3 aliphatic rings. The lowest BCUT2D eigenvalue weighted by Crippen LogP contribution is -2.39. The highest BCUT2D eigenvalue weighted by molar-refractivity contribution is 5.98. The number of rotatable bonds is 1. The van der Waals surface area contributed by atoms with Gasteiger partial charge >= 0.3 is 5.97 Å². The minimum Gasteiger partial charge on any atom is -0.478 e. The molecule has 5 rings (SSSR count).